The summed E-state index contributed by atoms with van der Waals surface area (Å²) in [6.07, 6.45) is 1.47. The number of amides is 1. The number of aromatic hydroxyl groups is 1. The Morgan fingerprint density at radius 2 is 1.90 bits per heavy atom. The van der Waals surface area contributed by atoms with Gasteiger partial charge in [0.05, 0.1) is 17.8 Å². The van der Waals surface area contributed by atoms with E-state index in [1.165, 1.54) is 13.3 Å². The quantitative estimate of drug-likeness (QED) is 0.239. The lowest BCUT2D eigenvalue weighted by Crippen LogP contribution is -2.17. The van der Waals surface area contributed by atoms with Gasteiger partial charge >= 0.3 is 0 Å². The summed E-state index contributed by atoms with van der Waals surface area (Å²) in [5, 5.41) is 14.5. The lowest BCUT2D eigenvalue weighted by atomic mass is 10.1. The molecule has 0 aliphatic rings. The van der Waals surface area contributed by atoms with Crippen molar-refractivity contribution in [3.8, 4) is 11.5 Å². The molecule has 0 spiro atoms. The molecule has 3 rings (SSSR count). The van der Waals surface area contributed by atoms with Crippen LogP contribution >= 0.6 is 39.3 Å². The Balaban J connectivity index is 1.56. The molecule has 0 unspecified atom stereocenters. The number of thioether (sulfide) groups is 1. The number of rotatable bonds is 7. The fraction of sp³-hybridized carbons (Fsp3) is 0.0909. The Labute approximate surface area is 192 Å². The first-order chi connectivity index (χ1) is 14.5. The van der Waals surface area contributed by atoms with Gasteiger partial charge in [0.15, 0.2) is 11.5 Å². The van der Waals surface area contributed by atoms with Crippen molar-refractivity contribution < 1.29 is 14.6 Å². The van der Waals surface area contributed by atoms with Crippen molar-refractivity contribution in [1.29, 1.82) is 0 Å². The number of hydrogen-bond acceptors (Lipinski definition) is 5. The highest BCUT2D eigenvalue weighted by molar-refractivity contribution is 9.10. The van der Waals surface area contributed by atoms with Gasteiger partial charge < -0.3 is 9.84 Å². The number of nitrogens with one attached hydrogen (secondary N) is 1. The van der Waals surface area contributed by atoms with Gasteiger partial charge in [0.1, 0.15) is 0 Å². The molecule has 8 heteroatoms. The zero-order valence-corrected chi connectivity index (χ0v) is 19.1. The maximum atomic E-state index is 12.3. The van der Waals surface area contributed by atoms with Crippen molar-refractivity contribution in [2.45, 2.75) is 10.6 Å². The van der Waals surface area contributed by atoms with Crippen LogP contribution in [0, 0.1) is 0 Å². The average molecular weight is 506 g/mol. The van der Waals surface area contributed by atoms with Gasteiger partial charge in [0, 0.05) is 21.2 Å². The van der Waals surface area contributed by atoms with E-state index in [1.807, 2.05) is 36.4 Å². The molecule has 0 saturated heterocycles. The third-order valence-electron chi connectivity index (χ3n) is 4.09. The summed E-state index contributed by atoms with van der Waals surface area (Å²) in [5.41, 5.74) is 4.77. The van der Waals surface area contributed by atoms with Gasteiger partial charge in [-0.05, 0) is 75.6 Å². The first kappa shape index (κ1) is 22.2. The molecule has 0 aliphatic carbocycles. The Kier molecular flexibility index (Phi) is 7.79. The van der Waals surface area contributed by atoms with E-state index in [1.54, 1.807) is 36.0 Å². The summed E-state index contributed by atoms with van der Waals surface area (Å²) in [4.78, 5) is 13.4. The van der Waals surface area contributed by atoms with Crippen molar-refractivity contribution in [3.63, 3.8) is 0 Å². The summed E-state index contributed by atoms with van der Waals surface area (Å²) in [6, 6.07) is 18.3. The van der Waals surface area contributed by atoms with Crippen molar-refractivity contribution in [1.82, 2.24) is 5.43 Å². The largest absolute Gasteiger partial charge is 0.503 e. The second-order valence-electron chi connectivity index (χ2n) is 6.19. The van der Waals surface area contributed by atoms with Gasteiger partial charge in [-0.25, -0.2) is 5.43 Å². The minimum absolute atomic E-state index is 0.00741. The first-order valence-corrected chi connectivity index (χ1v) is 11.0. The van der Waals surface area contributed by atoms with E-state index < -0.39 is 0 Å². The van der Waals surface area contributed by atoms with Crippen LogP contribution in [0.2, 0.25) is 5.02 Å². The van der Waals surface area contributed by atoms with E-state index in [-0.39, 0.29) is 11.7 Å². The fourth-order valence-corrected chi connectivity index (χ4v) is 3.94. The zero-order valence-electron chi connectivity index (χ0n) is 15.9. The van der Waals surface area contributed by atoms with Gasteiger partial charge in [-0.2, -0.15) is 5.10 Å². The maximum absolute atomic E-state index is 12.3. The number of hydrazone groups is 1. The maximum Gasteiger partial charge on any atom is 0.271 e. The van der Waals surface area contributed by atoms with E-state index >= 15 is 0 Å². The van der Waals surface area contributed by atoms with Gasteiger partial charge in [-0.3, -0.25) is 4.79 Å². The van der Waals surface area contributed by atoms with Crippen LogP contribution in [0.4, 0.5) is 0 Å². The molecule has 154 valence electrons. The highest BCUT2D eigenvalue weighted by Crippen LogP contribution is 2.34. The third kappa shape index (κ3) is 6.01. The summed E-state index contributed by atoms with van der Waals surface area (Å²) >= 11 is 10.8. The Morgan fingerprint density at radius 3 is 2.57 bits per heavy atom. The highest BCUT2D eigenvalue weighted by atomic mass is 79.9. The van der Waals surface area contributed by atoms with Crippen LogP contribution in [-0.4, -0.2) is 24.3 Å². The van der Waals surface area contributed by atoms with Crippen molar-refractivity contribution in [2.75, 3.05) is 7.11 Å². The van der Waals surface area contributed by atoms with Gasteiger partial charge in [0.2, 0.25) is 0 Å². The molecule has 3 aromatic rings. The lowest BCUT2D eigenvalue weighted by molar-refractivity contribution is 0.0955. The molecule has 0 aliphatic heterocycles. The number of methoxy groups -OCH3 is 1. The van der Waals surface area contributed by atoms with Crippen LogP contribution in [0.5, 0.6) is 11.5 Å². The Hall–Kier alpha value is -2.48. The monoisotopic (exact) mass is 504 g/mol. The molecule has 30 heavy (non-hydrogen) atoms. The smallest absolute Gasteiger partial charge is 0.271 e. The number of carbonyl (C=O) groups excluding carboxylic acids is 1. The molecule has 3 aromatic carbocycles. The van der Waals surface area contributed by atoms with Crippen molar-refractivity contribution >= 4 is 51.4 Å². The van der Waals surface area contributed by atoms with E-state index in [9.17, 15) is 9.90 Å². The van der Waals surface area contributed by atoms with Crippen LogP contribution < -0.4 is 10.2 Å². The summed E-state index contributed by atoms with van der Waals surface area (Å²) in [5.74, 6) is 0.796. The van der Waals surface area contributed by atoms with Gasteiger partial charge in [-0.1, -0.05) is 23.7 Å². The molecule has 0 aromatic heterocycles. The standard InChI is InChI=1S/C22H18BrClN2O3S/c1-29-20-11-15(10-19(23)21(20)27)12-25-26-22(28)16-4-2-14(3-5-16)13-30-18-8-6-17(24)7-9-18/h2-12,27H,13H2,1H3,(H,26,28). The van der Waals surface area contributed by atoms with Crippen LogP contribution in [0.25, 0.3) is 0 Å². The zero-order chi connectivity index (χ0) is 21.5. The molecule has 0 saturated carbocycles. The second kappa shape index (κ2) is 10.5. The molecule has 0 fully saturated rings. The number of carbonyl (C=O) groups is 1. The van der Waals surface area contributed by atoms with Gasteiger partial charge in [-0.15, -0.1) is 11.8 Å². The molecule has 0 atom stereocenters. The summed E-state index contributed by atoms with van der Waals surface area (Å²) in [6.45, 7) is 0. The molecule has 0 radical (unpaired) electrons. The SMILES string of the molecule is COc1cc(C=NNC(=O)c2ccc(CSc3ccc(Cl)cc3)cc2)cc(Br)c1O. The Morgan fingerprint density at radius 1 is 1.20 bits per heavy atom. The van der Waals surface area contributed by atoms with Crippen molar-refractivity contribution in [2.24, 2.45) is 5.10 Å². The normalized spacial score (nSPS) is 10.9. The fourth-order valence-electron chi connectivity index (χ4n) is 2.50. The first-order valence-electron chi connectivity index (χ1n) is 8.83. The van der Waals surface area contributed by atoms with Crippen LogP contribution in [0.3, 0.4) is 0 Å². The minimum atomic E-state index is -0.312. The lowest BCUT2D eigenvalue weighted by Gasteiger charge is -2.06. The topological polar surface area (TPSA) is 70.9 Å². The summed E-state index contributed by atoms with van der Waals surface area (Å²) < 4.78 is 5.56. The number of halogens is 2. The molecular formula is C22H18BrClN2O3S. The second-order valence-corrected chi connectivity index (χ2v) is 8.53. The van der Waals surface area contributed by atoms with E-state index in [4.69, 9.17) is 16.3 Å². The Bertz CT molecular complexity index is 1060. The molecule has 5 nitrogen and oxygen atoms in total. The number of benzene rings is 3. The predicted molar refractivity (Wildman–Crippen MR) is 125 cm³/mol. The minimum Gasteiger partial charge on any atom is -0.503 e. The number of hydrogen-bond donors (Lipinski definition) is 2. The predicted octanol–water partition coefficient (Wildman–Crippen LogP) is 5.87. The van der Waals surface area contributed by atoms with Crippen LogP contribution in [0.15, 0.2) is 75.1 Å². The molecular weight excluding hydrogens is 488 g/mol. The van der Waals surface area contributed by atoms with Crippen molar-refractivity contribution in [3.05, 3.63) is 86.8 Å². The summed E-state index contributed by atoms with van der Waals surface area (Å²) in [7, 11) is 1.46. The van der Waals surface area contributed by atoms with Gasteiger partial charge in [0.25, 0.3) is 5.91 Å². The number of phenols is 1. The number of ether oxygens (including phenoxy) is 1. The average Bonchev–Trinajstić information content (AvgIpc) is 2.76. The van der Waals surface area contributed by atoms with E-state index in [0.717, 1.165) is 21.2 Å². The van der Waals surface area contributed by atoms with E-state index in [0.29, 0.717) is 21.3 Å². The van der Waals surface area contributed by atoms with Crippen LogP contribution in [0.1, 0.15) is 21.5 Å². The molecule has 0 heterocycles. The third-order valence-corrected chi connectivity index (χ3v) is 6.03. The number of nitrogens with zero attached hydrogens (tertiary/aromatic N) is 1. The molecule has 2 N–H and O–H groups in total. The molecule has 0 bridgehead atoms. The number of phenolic OH excluding ortho intramolecular Hbond substituents is 1. The molecule has 1 amide bonds. The van der Waals surface area contributed by atoms with Crippen LogP contribution in [-0.2, 0) is 5.75 Å². The van der Waals surface area contributed by atoms with E-state index in [2.05, 4.69) is 26.5 Å². The highest BCUT2D eigenvalue weighted by Gasteiger charge is 2.08.